The lowest BCUT2D eigenvalue weighted by Crippen LogP contribution is -2.26. The van der Waals surface area contributed by atoms with Crippen LogP contribution in [-0.4, -0.2) is 16.1 Å². The van der Waals surface area contributed by atoms with Crippen LogP contribution in [0.1, 0.15) is 36.2 Å². The van der Waals surface area contributed by atoms with Crippen molar-refractivity contribution in [2.75, 3.05) is 6.54 Å². The van der Waals surface area contributed by atoms with Crippen LogP contribution in [0.4, 0.5) is 13.2 Å². The summed E-state index contributed by atoms with van der Waals surface area (Å²) in [6.45, 7) is 2.56. The van der Waals surface area contributed by atoms with Crippen molar-refractivity contribution in [1.29, 1.82) is 0 Å². The van der Waals surface area contributed by atoms with Crippen LogP contribution in [-0.2, 0) is 6.18 Å². The minimum atomic E-state index is -4.38. The first-order valence-electron chi connectivity index (χ1n) is 6.20. The van der Waals surface area contributed by atoms with E-state index in [4.69, 9.17) is 0 Å². The molecular weight excluding hydrogens is 287 g/mol. The molecule has 0 saturated heterocycles. The van der Waals surface area contributed by atoms with Gasteiger partial charge in [0.1, 0.15) is 0 Å². The SMILES string of the molecule is CCCNC(c1csnn1)c1ccccc1C(F)(F)F. The first-order valence-corrected chi connectivity index (χ1v) is 7.04. The highest BCUT2D eigenvalue weighted by atomic mass is 32.1. The van der Waals surface area contributed by atoms with Gasteiger partial charge in [-0.3, -0.25) is 0 Å². The van der Waals surface area contributed by atoms with Gasteiger partial charge in [-0.15, -0.1) is 5.10 Å². The van der Waals surface area contributed by atoms with Crippen molar-refractivity contribution in [3.63, 3.8) is 0 Å². The Morgan fingerprint density at radius 2 is 2.05 bits per heavy atom. The molecule has 0 aliphatic carbocycles. The quantitative estimate of drug-likeness (QED) is 0.916. The summed E-state index contributed by atoms with van der Waals surface area (Å²) < 4.78 is 43.1. The number of rotatable bonds is 5. The molecule has 0 aliphatic heterocycles. The van der Waals surface area contributed by atoms with Gasteiger partial charge in [0.2, 0.25) is 0 Å². The van der Waals surface area contributed by atoms with Crippen molar-refractivity contribution in [2.45, 2.75) is 25.6 Å². The number of halogens is 3. The third kappa shape index (κ3) is 3.34. The highest BCUT2D eigenvalue weighted by molar-refractivity contribution is 7.03. The van der Waals surface area contributed by atoms with Crippen molar-refractivity contribution in [3.05, 3.63) is 46.5 Å². The molecule has 0 amide bonds. The second-order valence-electron chi connectivity index (χ2n) is 4.30. The fourth-order valence-corrected chi connectivity index (χ4v) is 2.45. The minimum absolute atomic E-state index is 0.182. The fraction of sp³-hybridized carbons (Fsp3) is 0.385. The highest BCUT2D eigenvalue weighted by Gasteiger charge is 2.35. The van der Waals surface area contributed by atoms with Crippen LogP contribution in [0, 0.1) is 0 Å². The maximum Gasteiger partial charge on any atom is 0.416 e. The van der Waals surface area contributed by atoms with Crippen molar-refractivity contribution in [1.82, 2.24) is 14.9 Å². The number of hydrogen-bond donors (Lipinski definition) is 1. The Morgan fingerprint density at radius 3 is 2.65 bits per heavy atom. The molecular formula is C13H14F3N3S. The van der Waals surface area contributed by atoms with Crippen LogP contribution in [0.25, 0.3) is 0 Å². The molecule has 0 spiro atoms. The standard InChI is InChI=1S/C13H14F3N3S/c1-2-7-17-12(11-8-20-19-18-11)9-5-3-4-6-10(9)13(14,15)16/h3-6,8,12,17H,2,7H2,1H3. The third-order valence-corrected chi connectivity index (χ3v) is 3.37. The van der Waals surface area contributed by atoms with Gasteiger partial charge >= 0.3 is 6.18 Å². The Bertz CT molecular complexity index is 540. The largest absolute Gasteiger partial charge is 0.416 e. The first kappa shape index (κ1) is 14.9. The first-order chi connectivity index (χ1) is 9.54. The average Bonchev–Trinajstić information content (AvgIpc) is 2.92. The molecule has 1 aromatic heterocycles. The van der Waals surface area contributed by atoms with E-state index in [9.17, 15) is 13.2 Å². The number of hydrogen-bond acceptors (Lipinski definition) is 4. The number of benzene rings is 1. The number of nitrogens with zero attached hydrogens (tertiary/aromatic N) is 2. The predicted octanol–water partition coefficient (Wildman–Crippen LogP) is 3.65. The van der Waals surface area contributed by atoms with E-state index in [1.807, 2.05) is 6.92 Å². The van der Waals surface area contributed by atoms with Gasteiger partial charge in [0.25, 0.3) is 0 Å². The molecule has 3 nitrogen and oxygen atoms in total. The van der Waals surface area contributed by atoms with Gasteiger partial charge in [0.15, 0.2) is 0 Å². The monoisotopic (exact) mass is 301 g/mol. The van der Waals surface area contributed by atoms with Crippen LogP contribution in [0.3, 0.4) is 0 Å². The smallest absolute Gasteiger partial charge is 0.305 e. The molecule has 0 radical (unpaired) electrons. The Kier molecular flexibility index (Phi) is 4.72. The molecule has 2 aromatic rings. The van der Waals surface area contributed by atoms with Gasteiger partial charge in [-0.05, 0) is 36.1 Å². The normalized spacial score (nSPS) is 13.4. The van der Waals surface area contributed by atoms with E-state index < -0.39 is 17.8 Å². The lowest BCUT2D eigenvalue weighted by Gasteiger charge is -2.21. The highest BCUT2D eigenvalue weighted by Crippen LogP contribution is 2.36. The third-order valence-electron chi connectivity index (χ3n) is 2.85. The molecule has 1 atom stereocenters. The van der Waals surface area contributed by atoms with Crippen molar-refractivity contribution < 1.29 is 13.2 Å². The van der Waals surface area contributed by atoms with Gasteiger partial charge < -0.3 is 5.32 Å². The lowest BCUT2D eigenvalue weighted by molar-refractivity contribution is -0.138. The average molecular weight is 301 g/mol. The predicted molar refractivity (Wildman–Crippen MR) is 71.5 cm³/mol. The molecule has 1 unspecified atom stereocenters. The number of alkyl halides is 3. The summed E-state index contributed by atoms with van der Waals surface area (Å²) in [5.41, 5.74) is 0.0582. The van der Waals surface area contributed by atoms with E-state index in [0.717, 1.165) is 24.0 Å². The molecule has 108 valence electrons. The van der Waals surface area contributed by atoms with Crippen LogP contribution >= 0.6 is 11.5 Å². The summed E-state index contributed by atoms with van der Waals surface area (Å²) >= 11 is 1.13. The lowest BCUT2D eigenvalue weighted by atomic mass is 9.98. The second-order valence-corrected chi connectivity index (χ2v) is 4.91. The van der Waals surface area contributed by atoms with Crippen LogP contribution in [0.15, 0.2) is 29.6 Å². The maximum absolute atomic E-state index is 13.1. The zero-order valence-electron chi connectivity index (χ0n) is 10.8. The fourth-order valence-electron chi connectivity index (χ4n) is 1.97. The summed E-state index contributed by atoms with van der Waals surface area (Å²) in [5, 5.41) is 8.68. The van der Waals surface area contributed by atoms with Gasteiger partial charge in [-0.2, -0.15) is 13.2 Å². The molecule has 0 saturated carbocycles. The van der Waals surface area contributed by atoms with E-state index >= 15 is 0 Å². The van der Waals surface area contributed by atoms with Crippen molar-refractivity contribution in [3.8, 4) is 0 Å². The second kappa shape index (κ2) is 6.32. The van der Waals surface area contributed by atoms with Gasteiger partial charge in [-0.25, -0.2) is 0 Å². The van der Waals surface area contributed by atoms with Crippen LogP contribution in [0.5, 0.6) is 0 Å². The van der Waals surface area contributed by atoms with Gasteiger partial charge in [0.05, 0.1) is 17.3 Å². The summed E-state index contributed by atoms with van der Waals surface area (Å²) in [6, 6.07) is 4.98. The molecule has 1 heterocycles. The molecule has 2 rings (SSSR count). The molecule has 20 heavy (non-hydrogen) atoms. The molecule has 1 aromatic carbocycles. The van der Waals surface area contributed by atoms with Gasteiger partial charge in [-0.1, -0.05) is 29.6 Å². The summed E-state index contributed by atoms with van der Waals surface area (Å²) in [7, 11) is 0. The summed E-state index contributed by atoms with van der Waals surface area (Å²) in [6.07, 6.45) is -3.56. The molecule has 0 aliphatic rings. The van der Waals surface area contributed by atoms with Gasteiger partial charge in [0, 0.05) is 5.38 Å². The zero-order valence-corrected chi connectivity index (χ0v) is 11.6. The van der Waals surface area contributed by atoms with E-state index in [1.54, 1.807) is 11.4 Å². The maximum atomic E-state index is 13.1. The Morgan fingerprint density at radius 1 is 1.30 bits per heavy atom. The summed E-state index contributed by atoms with van der Waals surface area (Å²) in [4.78, 5) is 0. The number of aromatic nitrogens is 2. The zero-order chi connectivity index (χ0) is 14.6. The van der Waals surface area contributed by atoms with E-state index in [2.05, 4.69) is 14.9 Å². The van der Waals surface area contributed by atoms with E-state index in [1.165, 1.54) is 12.1 Å². The van der Waals surface area contributed by atoms with Crippen LogP contribution < -0.4 is 5.32 Å². The topological polar surface area (TPSA) is 37.8 Å². The minimum Gasteiger partial charge on any atom is -0.305 e. The van der Waals surface area contributed by atoms with Crippen LogP contribution in [0.2, 0.25) is 0 Å². The van der Waals surface area contributed by atoms with Crippen molar-refractivity contribution >= 4 is 11.5 Å². The molecule has 7 heteroatoms. The Labute approximate surface area is 119 Å². The number of nitrogens with one attached hydrogen (secondary N) is 1. The molecule has 1 N–H and O–H groups in total. The van der Waals surface area contributed by atoms with E-state index in [-0.39, 0.29) is 5.56 Å². The molecule has 0 fully saturated rings. The van der Waals surface area contributed by atoms with Crippen molar-refractivity contribution in [2.24, 2.45) is 0 Å². The summed E-state index contributed by atoms with van der Waals surface area (Å²) in [5.74, 6) is 0. The van der Waals surface area contributed by atoms with E-state index in [0.29, 0.717) is 12.2 Å². The Hall–Kier alpha value is -1.47. The Balaban J connectivity index is 2.44. The molecule has 0 bridgehead atoms.